The van der Waals surface area contributed by atoms with Crippen LogP contribution in [0.25, 0.3) is 0 Å². The summed E-state index contributed by atoms with van der Waals surface area (Å²) in [6, 6.07) is 8.10. The van der Waals surface area contributed by atoms with Crippen molar-refractivity contribution < 1.29 is 18.7 Å². The lowest BCUT2D eigenvalue weighted by atomic mass is 9.96. The van der Waals surface area contributed by atoms with Crippen molar-refractivity contribution in [3.63, 3.8) is 0 Å². The molecule has 3 nitrogen and oxygen atoms in total. The number of hydrogen-bond acceptors (Lipinski definition) is 3. The average molecular weight is 288 g/mol. The molecule has 0 bridgehead atoms. The molecule has 2 rings (SSSR count). The van der Waals surface area contributed by atoms with Gasteiger partial charge in [0.25, 0.3) is 0 Å². The van der Waals surface area contributed by atoms with Crippen LogP contribution in [0.4, 0.5) is 4.39 Å². The number of ketones is 1. The maximum Gasteiger partial charge on any atom is 0.200 e. The topological polar surface area (TPSA) is 35.5 Å². The van der Waals surface area contributed by atoms with Crippen LogP contribution in [0.5, 0.6) is 11.5 Å². The molecular weight excluding hydrogens is 271 g/mol. The minimum atomic E-state index is -0.526. The lowest BCUT2D eigenvalue weighted by molar-refractivity contribution is 0.103. The molecular formula is C17H17FO3. The summed E-state index contributed by atoms with van der Waals surface area (Å²) in [6.07, 6.45) is 0. The van der Waals surface area contributed by atoms with Crippen LogP contribution in [-0.4, -0.2) is 20.0 Å². The Labute approximate surface area is 123 Å². The zero-order valence-corrected chi connectivity index (χ0v) is 12.5. The Bertz CT molecular complexity index is 669. The van der Waals surface area contributed by atoms with E-state index in [1.165, 1.54) is 20.3 Å². The zero-order valence-electron chi connectivity index (χ0n) is 12.5. The second-order valence-corrected chi connectivity index (χ2v) is 4.81. The number of aryl methyl sites for hydroxylation is 2. The van der Waals surface area contributed by atoms with Crippen LogP contribution in [0.1, 0.15) is 27.0 Å². The molecule has 0 fully saturated rings. The van der Waals surface area contributed by atoms with E-state index < -0.39 is 11.6 Å². The quantitative estimate of drug-likeness (QED) is 0.805. The van der Waals surface area contributed by atoms with Crippen LogP contribution >= 0.6 is 0 Å². The van der Waals surface area contributed by atoms with E-state index in [9.17, 15) is 9.18 Å². The Morgan fingerprint density at radius 2 is 1.81 bits per heavy atom. The molecule has 2 aromatic rings. The normalized spacial score (nSPS) is 10.3. The molecule has 0 heterocycles. The van der Waals surface area contributed by atoms with Crippen LogP contribution in [0.15, 0.2) is 30.3 Å². The van der Waals surface area contributed by atoms with E-state index in [-0.39, 0.29) is 11.1 Å². The largest absolute Gasteiger partial charge is 0.493 e. The minimum absolute atomic E-state index is 0.0622. The Morgan fingerprint density at radius 1 is 1.10 bits per heavy atom. The van der Waals surface area contributed by atoms with Crippen molar-refractivity contribution in [1.82, 2.24) is 0 Å². The maximum absolute atomic E-state index is 14.2. The van der Waals surface area contributed by atoms with Crippen LogP contribution in [0, 0.1) is 19.7 Å². The summed E-state index contributed by atoms with van der Waals surface area (Å²) in [5.41, 5.74) is 1.72. The number of benzene rings is 2. The highest BCUT2D eigenvalue weighted by atomic mass is 19.1. The average Bonchev–Trinajstić information content (AvgIpc) is 2.44. The molecule has 0 spiro atoms. The summed E-state index contributed by atoms with van der Waals surface area (Å²) >= 11 is 0. The number of carbonyl (C=O) groups is 1. The van der Waals surface area contributed by atoms with E-state index in [4.69, 9.17) is 9.47 Å². The van der Waals surface area contributed by atoms with Crippen molar-refractivity contribution >= 4 is 5.78 Å². The van der Waals surface area contributed by atoms with Gasteiger partial charge in [-0.2, -0.15) is 0 Å². The first-order valence-electron chi connectivity index (χ1n) is 6.52. The fourth-order valence-electron chi connectivity index (χ4n) is 2.40. The first-order valence-corrected chi connectivity index (χ1v) is 6.52. The molecule has 0 unspecified atom stereocenters. The Kier molecular flexibility index (Phi) is 4.26. The van der Waals surface area contributed by atoms with Gasteiger partial charge in [-0.15, -0.1) is 0 Å². The van der Waals surface area contributed by atoms with Crippen molar-refractivity contribution in [3.8, 4) is 11.5 Å². The minimum Gasteiger partial charge on any atom is -0.493 e. The van der Waals surface area contributed by atoms with Crippen molar-refractivity contribution in [2.75, 3.05) is 14.2 Å². The van der Waals surface area contributed by atoms with Crippen LogP contribution < -0.4 is 9.47 Å². The van der Waals surface area contributed by atoms with Gasteiger partial charge in [-0.3, -0.25) is 4.79 Å². The van der Waals surface area contributed by atoms with Gasteiger partial charge in [-0.1, -0.05) is 12.1 Å². The van der Waals surface area contributed by atoms with Crippen LogP contribution in [0.2, 0.25) is 0 Å². The standard InChI is InChI=1S/C17H17FO3/c1-10-8-11(2)15(13(18)9-10)16(19)12-6-5-7-14(20-3)17(12)21-4/h5-9H,1-4H3. The molecule has 21 heavy (non-hydrogen) atoms. The Balaban J connectivity index is 2.61. The van der Waals surface area contributed by atoms with Crippen molar-refractivity contribution in [3.05, 3.63) is 58.4 Å². The smallest absolute Gasteiger partial charge is 0.200 e. The predicted molar refractivity (Wildman–Crippen MR) is 78.9 cm³/mol. The number of para-hydroxylation sites is 1. The molecule has 4 heteroatoms. The fourth-order valence-corrected chi connectivity index (χ4v) is 2.40. The van der Waals surface area contributed by atoms with Gasteiger partial charge in [-0.05, 0) is 43.2 Å². The number of halogens is 1. The predicted octanol–water partition coefficient (Wildman–Crippen LogP) is 3.69. The fraction of sp³-hybridized carbons (Fsp3) is 0.235. The molecule has 0 radical (unpaired) electrons. The molecule has 0 atom stereocenters. The summed E-state index contributed by atoms with van der Waals surface area (Å²) in [5, 5.41) is 0. The highest BCUT2D eigenvalue weighted by Crippen LogP contribution is 2.33. The molecule has 0 saturated carbocycles. The second-order valence-electron chi connectivity index (χ2n) is 4.81. The molecule has 0 saturated heterocycles. The van der Waals surface area contributed by atoms with Gasteiger partial charge in [0.15, 0.2) is 17.3 Å². The summed E-state index contributed by atoms with van der Waals surface area (Å²) in [6.45, 7) is 3.51. The van der Waals surface area contributed by atoms with Crippen LogP contribution in [-0.2, 0) is 0 Å². The van der Waals surface area contributed by atoms with Crippen molar-refractivity contribution in [1.29, 1.82) is 0 Å². The molecule has 2 aromatic carbocycles. The van der Waals surface area contributed by atoms with Gasteiger partial charge in [-0.25, -0.2) is 4.39 Å². The number of rotatable bonds is 4. The van der Waals surface area contributed by atoms with Gasteiger partial charge in [0.05, 0.1) is 25.3 Å². The highest BCUT2D eigenvalue weighted by molar-refractivity contribution is 6.12. The second kappa shape index (κ2) is 5.95. The lowest BCUT2D eigenvalue weighted by Crippen LogP contribution is -2.09. The Hall–Kier alpha value is -2.36. The molecule has 0 aliphatic carbocycles. The van der Waals surface area contributed by atoms with Gasteiger partial charge in [0, 0.05) is 0 Å². The number of carbonyl (C=O) groups excluding carboxylic acids is 1. The summed E-state index contributed by atoms with van der Waals surface area (Å²) in [4.78, 5) is 12.7. The summed E-state index contributed by atoms with van der Waals surface area (Å²) < 4.78 is 24.6. The first kappa shape index (κ1) is 15.0. The van der Waals surface area contributed by atoms with E-state index in [2.05, 4.69) is 0 Å². The van der Waals surface area contributed by atoms with Gasteiger partial charge >= 0.3 is 0 Å². The number of methoxy groups -OCH3 is 2. The SMILES string of the molecule is COc1cccc(C(=O)c2c(C)cc(C)cc2F)c1OC. The third kappa shape index (κ3) is 2.75. The molecule has 110 valence electrons. The number of hydrogen-bond donors (Lipinski definition) is 0. The summed E-state index contributed by atoms with van der Waals surface area (Å²) in [5.74, 6) is -0.193. The van der Waals surface area contributed by atoms with Crippen molar-refractivity contribution in [2.24, 2.45) is 0 Å². The van der Waals surface area contributed by atoms with E-state index in [1.54, 1.807) is 38.1 Å². The van der Waals surface area contributed by atoms with Gasteiger partial charge < -0.3 is 9.47 Å². The molecule has 0 aliphatic heterocycles. The highest BCUT2D eigenvalue weighted by Gasteiger charge is 2.22. The van der Waals surface area contributed by atoms with Gasteiger partial charge in [0.1, 0.15) is 5.82 Å². The molecule has 0 aliphatic rings. The first-order chi connectivity index (χ1) is 9.99. The van der Waals surface area contributed by atoms with Crippen molar-refractivity contribution in [2.45, 2.75) is 13.8 Å². The van der Waals surface area contributed by atoms with E-state index in [1.807, 2.05) is 0 Å². The number of ether oxygens (including phenoxy) is 2. The van der Waals surface area contributed by atoms with E-state index in [0.29, 0.717) is 17.1 Å². The van der Waals surface area contributed by atoms with E-state index in [0.717, 1.165) is 5.56 Å². The molecule has 0 amide bonds. The molecule has 0 N–H and O–H groups in total. The Morgan fingerprint density at radius 3 is 2.38 bits per heavy atom. The monoisotopic (exact) mass is 288 g/mol. The van der Waals surface area contributed by atoms with E-state index >= 15 is 0 Å². The maximum atomic E-state index is 14.2. The third-order valence-corrected chi connectivity index (χ3v) is 3.31. The molecule has 0 aromatic heterocycles. The van der Waals surface area contributed by atoms with Gasteiger partial charge in [0.2, 0.25) is 0 Å². The third-order valence-electron chi connectivity index (χ3n) is 3.31. The zero-order chi connectivity index (χ0) is 15.6. The summed E-state index contributed by atoms with van der Waals surface area (Å²) in [7, 11) is 2.94. The van der Waals surface area contributed by atoms with Crippen LogP contribution in [0.3, 0.4) is 0 Å². The lowest BCUT2D eigenvalue weighted by Gasteiger charge is -2.13.